The normalized spacial score (nSPS) is 20.6. The summed E-state index contributed by atoms with van der Waals surface area (Å²) in [6, 6.07) is 2.06. The van der Waals surface area contributed by atoms with Crippen LogP contribution in [0.25, 0.3) is 0 Å². The van der Waals surface area contributed by atoms with Crippen LogP contribution in [-0.4, -0.2) is 35.5 Å². The lowest BCUT2D eigenvalue weighted by molar-refractivity contribution is 0.270. The van der Waals surface area contributed by atoms with Gasteiger partial charge >= 0.3 is 0 Å². The number of aryl methyl sites for hydroxylation is 1. The molecule has 0 bridgehead atoms. The number of nitrogens with zero attached hydrogens (tertiary/aromatic N) is 3. The summed E-state index contributed by atoms with van der Waals surface area (Å²) in [5.74, 6) is 1.43. The number of piperidine rings is 1. The molecule has 1 unspecified atom stereocenters. The molecule has 0 aliphatic carbocycles. The molecule has 2 N–H and O–H groups in total. The Morgan fingerprint density at radius 1 is 1.58 bits per heavy atom. The van der Waals surface area contributed by atoms with Gasteiger partial charge < -0.3 is 10.6 Å². The van der Waals surface area contributed by atoms with Crippen LogP contribution >= 0.6 is 0 Å². The van der Waals surface area contributed by atoms with Crippen LogP contribution in [0.3, 0.4) is 0 Å². The largest absolute Gasteiger partial charge is 0.370 e. The Morgan fingerprint density at radius 2 is 2.42 bits per heavy atom. The molecule has 0 saturated carbocycles. The molecule has 1 aromatic heterocycles. The quantitative estimate of drug-likeness (QED) is 0.668. The highest BCUT2D eigenvalue weighted by Gasteiger charge is 2.17. The van der Waals surface area contributed by atoms with Crippen LogP contribution in [0.4, 0.5) is 0 Å². The average Bonchev–Trinajstić information content (AvgIpc) is 2.41. The fourth-order valence-corrected chi connectivity index (χ4v) is 2.57. The van der Waals surface area contributed by atoms with E-state index in [0.29, 0.717) is 5.96 Å². The van der Waals surface area contributed by atoms with E-state index in [1.165, 1.54) is 24.0 Å². The first-order chi connectivity index (χ1) is 9.16. The Kier molecular flexibility index (Phi) is 4.77. The van der Waals surface area contributed by atoms with E-state index in [1.54, 1.807) is 0 Å². The fourth-order valence-electron chi connectivity index (χ4n) is 2.57. The van der Waals surface area contributed by atoms with Crippen LogP contribution in [0.1, 0.15) is 30.9 Å². The van der Waals surface area contributed by atoms with Gasteiger partial charge in [-0.3, -0.25) is 9.98 Å². The van der Waals surface area contributed by atoms with E-state index in [1.807, 2.05) is 12.4 Å². The molecule has 104 valence electrons. The minimum Gasteiger partial charge on any atom is -0.370 e. The number of pyridine rings is 1. The molecular weight excluding hydrogens is 236 g/mol. The lowest BCUT2D eigenvalue weighted by Crippen LogP contribution is -2.43. The van der Waals surface area contributed by atoms with Crippen molar-refractivity contribution in [3.05, 3.63) is 29.6 Å². The van der Waals surface area contributed by atoms with Crippen molar-refractivity contribution in [1.82, 2.24) is 9.88 Å². The lowest BCUT2D eigenvalue weighted by Gasteiger charge is -2.31. The van der Waals surface area contributed by atoms with Crippen LogP contribution in [-0.2, 0) is 6.42 Å². The molecule has 4 nitrogen and oxygen atoms in total. The standard InChI is InChI=1S/C15H24N4/c1-12-4-3-9-19(11-12)15(16)18-8-6-14-5-7-17-10-13(14)2/h5,7,10,12H,3-4,6,8-9,11H2,1-2H3,(H2,16,18). The summed E-state index contributed by atoms with van der Waals surface area (Å²) in [6.07, 6.45) is 7.19. The molecule has 0 radical (unpaired) electrons. The van der Waals surface area contributed by atoms with Gasteiger partial charge in [0.15, 0.2) is 5.96 Å². The molecule has 2 rings (SSSR count). The third-order valence-electron chi connectivity index (χ3n) is 3.77. The molecule has 4 heteroatoms. The van der Waals surface area contributed by atoms with Gasteiger partial charge in [0, 0.05) is 32.0 Å². The van der Waals surface area contributed by atoms with Crippen molar-refractivity contribution >= 4 is 5.96 Å². The van der Waals surface area contributed by atoms with E-state index in [4.69, 9.17) is 5.73 Å². The first kappa shape index (κ1) is 13.8. The Balaban J connectivity index is 1.86. The minimum atomic E-state index is 0.707. The first-order valence-corrected chi connectivity index (χ1v) is 7.11. The number of aliphatic imine (C=N–C) groups is 1. The Hall–Kier alpha value is -1.58. The van der Waals surface area contributed by atoms with Gasteiger partial charge in [0.2, 0.25) is 0 Å². The highest BCUT2D eigenvalue weighted by atomic mass is 15.3. The van der Waals surface area contributed by atoms with Gasteiger partial charge in [0.05, 0.1) is 0 Å². The second-order valence-electron chi connectivity index (χ2n) is 5.49. The number of aromatic nitrogens is 1. The summed E-state index contributed by atoms with van der Waals surface area (Å²) in [4.78, 5) is 10.8. The van der Waals surface area contributed by atoms with E-state index < -0.39 is 0 Å². The predicted molar refractivity (Wildman–Crippen MR) is 79.1 cm³/mol. The molecule has 0 aromatic carbocycles. The molecule has 0 spiro atoms. The monoisotopic (exact) mass is 260 g/mol. The molecule has 1 aromatic rings. The minimum absolute atomic E-state index is 0.707. The Bertz CT molecular complexity index is 442. The molecule has 2 heterocycles. The van der Waals surface area contributed by atoms with Gasteiger partial charge in [0.25, 0.3) is 0 Å². The van der Waals surface area contributed by atoms with Crippen molar-refractivity contribution in [2.75, 3.05) is 19.6 Å². The third kappa shape index (κ3) is 3.94. The molecule has 1 atom stereocenters. The smallest absolute Gasteiger partial charge is 0.191 e. The van der Waals surface area contributed by atoms with Crippen molar-refractivity contribution in [2.45, 2.75) is 33.1 Å². The molecular formula is C15H24N4. The van der Waals surface area contributed by atoms with Gasteiger partial charge in [-0.1, -0.05) is 6.92 Å². The van der Waals surface area contributed by atoms with Gasteiger partial charge in [-0.15, -0.1) is 0 Å². The first-order valence-electron chi connectivity index (χ1n) is 7.11. The van der Waals surface area contributed by atoms with Gasteiger partial charge in [0.1, 0.15) is 0 Å². The van der Waals surface area contributed by atoms with Gasteiger partial charge in [-0.2, -0.15) is 0 Å². The van der Waals surface area contributed by atoms with Crippen molar-refractivity contribution in [1.29, 1.82) is 0 Å². The topological polar surface area (TPSA) is 54.5 Å². The zero-order chi connectivity index (χ0) is 13.7. The summed E-state index contributed by atoms with van der Waals surface area (Å²) in [6.45, 7) is 7.21. The maximum atomic E-state index is 6.08. The zero-order valence-corrected chi connectivity index (χ0v) is 12.0. The second kappa shape index (κ2) is 6.55. The molecule has 1 saturated heterocycles. The maximum Gasteiger partial charge on any atom is 0.191 e. The lowest BCUT2D eigenvalue weighted by atomic mass is 10.0. The van der Waals surface area contributed by atoms with Crippen LogP contribution in [0.5, 0.6) is 0 Å². The molecule has 1 aliphatic rings. The summed E-state index contributed by atoms with van der Waals surface area (Å²) >= 11 is 0. The number of likely N-dealkylation sites (tertiary alicyclic amines) is 1. The van der Waals surface area contributed by atoms with E-state index in [9.17, 15) is 0 Å². The summed E-state index contributed by atoms with van der Waals surface area (Å²) < 4.78 is 0. The number of hydrogen-bond donors (Lipinski definition) is 1. The number of guanidine groups is 1. The van der Waals surface area contributed by atoms with Crippen molar-refractivity contribution in [2.24, 2.45) is 16.6 Å². The maximum absolute atomic E-state index is 6.08. The highest BCUT2D eigenvalue weighted by molar-refractivity contribution is 5.78. The van der Waals surface area contributed by atoms with Crippen LogP contribution < -0.4 is 5.73 Å². The number of hydrogen-bond acceptors (Lipinski definition) is 2. The molecule has 1 fully saturated rings. The van der Waals surface area contributed by atoms with Crippen LogP contribution in [0.2, 0.25) is 0 Å². The van der Waals surface area contributed by atoms with Gasteiger partial charge in [-0.25, -0.2) is 0 Å². The van der Waals surface area contributed by atoms with Crippen molar-refractivity contribution < 1.29 is 0 Å². The number of nitrogens with two attached hydrogens (primary N) is 1. The van der Waals surface area contributed by atoms with Gasteiger partial charge in [-0.05, 0) is 49.3 Å². The van der Waals surface area contributed by atoms with Crippen LogP contribution in [0, 0.1) is 12.8 Å². The Morgan fingerprint density at radius 3 is 3.16 bits per heavy atom. The molecule has 19 heavy (non-hydrogen) atoms. The average molecular weight is 260 g/mol. The highest BCUT2D eigenvalue weighted by Crippen LogP contribution is 2.15. The number of rotatable bonds is 3. The van der Waals surface area contributed by atoms with E-state index in [0.717, 1.165) is 32.0 Å². The molecule has 0 amide bonds. The van der Waals surface area contributed by atoms with Crippen LogP contribution in [0.15, 0.2) is 23.5 Å². The summed E-state index contributed by atoms with van der Waals surface area (Å²) in [7, 11) is 0. The predicted octanol–water partition coefficient (Wildman–Crippen LogP) is 1.98. The zero-order valence-electron chi connectivity index (χ0n) is 12.0. The fraction of sp³-hybridized carbons (Fsp3) is 0.600. The van der Waals surface area contributed by atoms with Crippen molar-refractivity contribution in [3.8, 4) is 0 Å². The molecule has 1 aliphatic heterocycles. The summed E-state index contributed by atoms with van der Waals surface area (Å²) in [5.41, 5.74) is 8.61. The third-order valence-corrected chi connectivity index (χ3v) is 3.77. The van der Waals surface area contributed by atoms with Crippen molar-refractivity contribution in [3.63, 3.8) is 0 Å². The van der Waals surface area contributed by atoms with E-state index in [-0.39, 0.29) is 0 Å². The van der Waals surface area contributed by atoms with E-state index in [2.05, 4.69) is 34.8 Å². The second-order valence-corrected chi connectivity index (χ2v) is 5.49. The summed E-state index contributed by atoms with van der Waals surface area (Å²) in [5, 5.41) is 0. The van der Waals surface area contributed by atoms with E-state index >= 15 is 0 Å². The Labute approximate surface area is 115 Å². The SMILES string of the molecule is Cc1cnccc1CCN=C(N)N1CCCC(C)C1.